The molecule has 5 rings (SSSR count). The minimum absolute atomic E-state index is 0.0742. The fourth-order valence-corrected chi connectivity index (χ4v) is 17.6. The summed E-state index contributed by atoms with van der Waals surface area (Å²) in [6.07, 6.45) is 2.34. The van der Waals surface area contributed by atoms with Gasteiger partial charge >= 0.3 is 5.97 Å². The van der Waals surface area contributed by atoms with Crippen LogP contribution in [0.2, 0.25) is 0 Å². The van der Waals surface area contributed by atoms with Gasteiger partial charge in [0.05, 0.1) is 84.4 Å². The Morgan fingerprint density at radius 1 is 0.765 bits per heavy atom. The maximum Gasteiger partial charge on any atom is 0.311 e. The van der Waals surface area contributed by atoms with Crippen LogP contribution < -0.4 is 10.6 Å². The Morgan fingerprint density at radius 2 is 1.33 bits per heavy atom. The molecule has 0 spiro atoms. The molecule has 3 aliphatic heterocycles. The van der Waals surface area contributed by atoms with Crippen molar-refractivity contribution in [2.24, 2.45) is 17.8 Å². The largest absolute Gasteiger partial charge is 0.459 e. The molecule has 17 heteroatoms. The first-order chi connectivity index (χ1) is 38.3. The fraction of sp³-hybridized carbons (Fsp3) is 0.781. The third-order valence-electron chi connectivity index (χ3n) is 18.3. The molecule has 0 aliphatic carbocycles. The molecule has 2 aromatic carbocycles. The number of aliphatic hydroxyl groups excluding tert-OH is 3. The number of hydrogen-bond acceptors (Lipinski definition) is 15. The molecule has 3 aliphatic rings. The summed E-state index contributed by atoms with van der Waals surface area (Å²) in [7, 11) is 5.42. The zero-order valence-electron chi connectivity index (χ0n) is 51.9. The number of rotatable bonds is 24. The average Bonchev–Trinajstić information content (AvgIpc) is 3.48. The van der Waals surface area contributed by atoms with E-state index in [1.54, 1.807) is 60.5 Å². The van der Waals surface area contributed by atoms with E-state index in [-0.39, 0.29) is 50.3 Å². The number of methoxy groups -OCH3 is 2. The second kappa shape index (κ2) is 31.6. The summed E-state index contributed by atoms with van der Waals surface area (Å²) in [5.74, 6) is -3.26. The van der Waals surface area contributed by atoms with Crippen LogP contribution in [0.25, 0.3) is 0 Å². The van der Waals surface area contributed by atoms with E-state index in [0.29, 0.717) is 12.8 Å². The van der Waals surface area contributed by atoms with E-state index in [0.717, 1.165) is 51.0 Å². The number of esters is 1. The second-order valence-corrected chi connectivity index (χ2v) is 29.1. The topological polar surface area (TPSA) is 206 Å². The van der Waals surface area contributed by atoms with Crippen LogP contribution in [-0.2, 0) is 42.7 Å². The van der Waals surface area contributed by atoms with Crippen LogP contribution in [0.5, 0.6) is 0 Å². The Kier molecular flexibility index (Phi) is 27.0. The van der Waals surface area contributed by atoms with Gasteiger partial charge in [0.25, 0.3) is 0 Å². The smallest absolute Gasteiger partial charge is 0.311 e. The Labute approximate surface area is 487 Å². The van der Waals surface area contributed by atoms with Crippen LogP contribution in [0.1, 0.15) is 159 Å². The third kappa shape index (κ3) is 18.0. The maximum absolute atomic E-state index is 14.7. The van der Waals surface area contributed by atoms with Crippen molar-refractivity contribution in [3.05, 3.63) is 60.7 Å². The number of aliphatic hydroxyl groups is 5. The summed E-state index contributed by atoms with van der Waals surface area (Å²) in [4.78, 5) is 32.8. The third-order valence-corrected chi connectivity index (χ3v) is 22.9. The lowest BCUT2D eigenvalue weighted by Gasteiger charge is -2.48. The lowest BCUT2D eigenvalue weighted by atomic mass is 9.77. The van der Waals surface area contributed by atoms with Crippen LogP contribution >= 0.6 is 7.26 Å². The van der Waals surface area contributed by atoms with Gasteiger partial charge in [-0.15, -0.1) is 0 Å². The van der Waals surface area contributed by atoms with E-state index in [2.05, 4.69) is 60.7 Å². The summed E-state index contributed by atoms with van der Waals surface area (Å²) in [5.41, 5.74) is -4.79. The van der Waals surface area contributed by atoms with Gasteiger partial charge in [0, 0.05) is 45.6 Å². The molecule has 3 fully saturated rings. The number of nitrogens with zero attached hydrogens (tertiary/aromatic N) is 2. The molecule has 0 aromatic heterocycles. The molecule has 81 heavy (non-hydrogen) atoms. The highest BCUT2D eigenvalue weighted by Crippen LogP contribution is 2.57. The molecular formula is C64H108N2O14P+. The first-order valence-electron chi connectivity index (χ1n) is 30.6. The lowest BCUT2D eigenvalue weighted by Crippen LogP contribution is -2.60. The zero-order valence-corrected chi connectivity index (χ0v) is 52.8. The molecule has 5 N–H and O–H groups in total. The fourth-order valence-electron chi connectivity index (χ4n) is 13.3. The summed E-state index contributed by atoms with van der Waals surface area (Å²) >= 11 is 0. The van der Waals surface area contributed by atoms with Crippen molar-refractivity contribution in [1.29, 1.82) is 0 Å². The number of unbranched alkanes of at least 4 members (excludes halogenated alkanes) is 8. The normalized spacial score (nSPS) is 36.0. The van der Waals surface area contributed by atoms with Crippen LogP contribution in [0.15, 0.2) is 60.7 Å². The number of carbonyl (C=O) groups is 2. The molecule has 16 nitrogen and oxygen atoms in total. The van der Waals surface area contributed by atoms with E-state index in [4.69, 9.17) is 33.2 Å². The second-order valence-electron chi connectivity index (χ2n) is 25.3. The quantitative estimate of drug-likeness (QED) is 0.0384. The van der Waals surface area contributed by atoms with Gasteiger partial charge in [-0.2, -0.15) is 0 Å². The molecule has 0 radical (unpaired) electrons. The van der Waals surface area contributed by atoms with Crippen molar-refractivity contribution in [1.82, 2.24) is 9.80 Å². The number of hydrogen-bond donors (Lipinski definition) is 5. The number of benzene rings is 2. The Morgan fingerprint density at radius 3 is 1.88 bits per heavy atom. The highest BCUT2D eigenvalue weighted by atomic mass is 31.2. The van der Waals surface area contributed by atoms with Crippen molar-refractivity contribution in [2.75, 3.05) is 53.8 Å². The molecule has 1 amide bonds. The zero-order chi connectivity index (χ0) is 59.9. The predicted molar refractivity (Wildman–Crippen MR) is 320 cm³/mol. The number of amides is 1. The van der Waals surface area contributed by atoms with Crippen molar-refractivity contribution in [3.63, 3.8) is 0 Å². The average molecular weight is 1160 g/mol. The summed E-state index contributed by atoms with van der Waals surface area (Å²) < 4.78 is 43.9. The van der Waals surface area contributed by atoms with Gasteiger partial charge in [-0.25, -0.2) is 0 Å². The highest BCUT2D eigenvalue weighted by Gasteiger charge is 2.53. The van der Waals surface area contributed by atoms with Crippen LogP contribution in [0, 0.1) is 17.8 Å². The first-order valence-corrected chi connectivity index (χ1v) is 32.7. The molecule has 0 bridgehead atoms. The monoisotopic (exact) mass is 1160 g/mol. The molecule has 0 saturated carbocycles. The Hall–Kier alpha value is -2.67. The SMILES string of the molecule is CC[C@H]1OC(=O)[C@H](C)[C@@H](O[C@H]2C[C@@](C)(OC)[C@@H](O)[C@H](C)O2)[C@H](C)[C@@H](O[C@@H]2O[C@H](C)C[C@H](N(C)C)[C@H]2O)[C@](C)(O)C[C@@H](C)CN(C(=O)CCCCCCCCCCC[P+](CCOC)(c2ccccc2)c2ccccc2)[C@H](C)[C@@H](O)[C@]1(C)O. The van der Waals surface area contributed by atoms with Gasteiger partial charge in [-0.3, -0.25) is 9.59 Å². The first kappa shape index (κ1) is 69.1. The van der Waals surface area contributed by atoms with Gasteiger partial charge in [0.2, 0.25) is 5.91 Å². The number of carbonyl (C=O) groups excluding carboxylic acids is 2. The summed E-state index contributed by atoms with van der Waals surface area (Å²) in [5, 5.41) is 63.3. The van der Waals surface area contributed by atoms with Crippen LogP contribution in [0.4, 0.5) is 0 Å². The number of cyclic esters (lactones) is 1. The van der Waals surface area contributed by atoms with E-state index < -0.39 is 109 Å². The van der Waals surface area contributed by atoms with Crippen LogP contribution in [-0.4, -0.2) is 191 Å². The van der Waals surface area contributed by atoms with E-state index in [1.807, 2.05) is 32.8 Å². The van der Waals surface area contributed by atoms with Gasteiger partial charge in [0.1, 0.15) is 30.0 Å². The minimum atomic E-state index is -2.00. The molecular weight excluding hydrogens is 1050 g/mol. The van der Waals surface area contributed by atoms with Gasteiger partial charge in [-0.1, -0.05) is 95.7 Å². The van der Waals surface area contributed by atoms with Crippen molar-refractivity contribution in [2.45, 2.75) is 249 Å². The minimum Gasteiger partial charge on any atom is -0.459 e. The highest BCUT2D eigenvalue weighted by molar-refractivity contribution is 7.89. The Balaban J connectivity index is 1.31. The maximum atomic E-state index is 14.7. The van der Waals surface area contributed by atoms with Gasteiger partial charge in [0.15, 0.2) is 12.6 Å². The standard InChI is InChI=1S/C64H108N2O14P/c1-15-52-64(10,73)57(69)47(6)66(53(67)35-29-21-19-17-16-18-20-22-30-37-81(38-36-74-13,49-31-25-23-26-32-49)50-33-27-24-28-34-50)42-43(2)40-62(8,72)59(80-61-55(68)51(65(11)12)39-44(3)76-61)45(4)56(46(5)60(71)78-52)79-54-41-63(9,75-14)58(70)48(7)77-54/h23-28,31-34,43-48,51-52,54-59,61,68-70,72-73H,15-22,29-30,35-42H2,1-14H3/q+1/t43-,44-,45+,46-,47-,48+,51+,52-,54+,55-,56+,57-,58+,59-,61+,62-,63-,64-/m1/s1. The molecule has 462 valence electrons. The molecule has 3 saturated heterocycles. The van der Waals surface area contributed by atoms with E-state index in [1.165, 1.54) is 43.9 Å². The van der Waals surface area contributed by atoms with E-state index in [9.17, 15) is 35.1 Å². The van der Waals surface area contributed by atoms with Crippen molar-refractivity contribution in [3.8, 4) is 0 Å². The van der Waals surface area contributed by atoms with Crippen molar-refractivity contribution < 1.29 is 68.3 Å². The van der Waals surface area contributed by atoms with Crippen LogP contribution in [0.3, 0.4) is 0 Å². The number of likely N-dealkylation sites (N-methyl/N-ethyl adjacent to an activating group) is 1. The summed E-state index contributed by atoms with van der Waals surface area (Å²) in [6.45, 7) is 18.2. The van der Waals surface area contributed by atoms with Crippen molar-refractivity contribution >= 4 is 29.7 Å². The van der Waals surface area contributed by atoms with E-state index >= 15 is 0 Å². The Bertz CT molecular complexity index is 2120. The molecule has 18 atom stereocenters. The predicted octanol–water partition coefficient (Wildman–Crippen LogP) is 8.01. The number of ether oxygens (including phenoxy) is 7. The summed E-state index contributed by atoms with van der Waals surface area (Å²) in [6, 6.07) is 20.8. The van der Waals surface area contributed by atoms with Gasteiger partial charge in [-0.05, 0) is 131 Å². The molecule has 3 heterocycles. The van der Waals surface area contributed by atoms with Gasteiger partial charge < -0.3 is 68.5 Å². The molecule has 0 unspecified atom stereocenters. The molecule has 2 aromatic rings. The lowest BCUT2D eigenvalue weighted by molar-refractivity contribution is -0.318.